The number of amides is 1. The summed E-state index contributed by atoms with van der Waals surface area (Å²) in [5.41, 5.74) is 5.32. The molecule has 15 heavy (non-hydrogen) atoms. The van der Waals surface area contributed by atoms with Crippen LogP contribution in [0.3, 0.4) is 0 Å². The zero-order valence-electron chi connectivity index (χ0n) is 9.11. The van der Waals surface area contributed by atoms with Crippen LogP contribution in [0.15, 0.2) is 0 Å². The second-order valence-corrected chi connectivity index (χ2v) is 4.20. The van der Waals surface area contributed by atoms with Crippen LogP contribution in [0.5, 0.6) is 0 Å². The van der Waals surface area contributed by atoms with Crippen LogP contribution >= 0.6 is 0 Å². The summed E-state index contributed by atoms with van der Waals surface area (Å²) in [5.74, 6) is -0.287. The number of piperazine rings is 1. The molecule has 1 amide bonds. The van der Waals surface area contributed by atoms with Crippen molar-refractivity contribution < 1.29 is 9.53 Å². The summed E-state index contributed by atoms with van der Waals surface area (Å²) in [7, 11) is 0. The van der Waals surface area contributed by atoms with Crippen molar-refractivity contribution in [3.05, 3.63) is 0 Å². The van der Waals surface area contributed by atoms with E-state index >= 15 is 0 Å². The van der Waals surface area contributed by atoms with Gasteiger partial charge in [0.25, 0.3) is 0 Å². The van der Waals surface area contributed by atoms with Gasteiger partial charge in [-0.1, -0.05) is 0 Å². The van der Waals surface area contributed by atoms with Gasteiger partial charge < -0.3 is 10.5 Å². The number of primary amides is 1. The first-order valence-electron chi connectivity index (χ1n) is 5.63. The van der Waals surface area contributed by atoms with Crippen LogP contribution in [0.2, 0.25) is 0 Å². The molecule has 2 aliphatic heterocycles. The zero-order chi connectivity index (χ0) is 10.8. The second kappa shape index (κ2) is 4.47. The summed E-state index contributed by atoms with van der Waals surface area (Å²) >= 11 is 0. The largest absolute Gasteiger partial charge is 0.368 e. The predicted octanol–water partition coefficient (Wildman–Crippen LogP) is -0.729. The summed E-state index contributed by atoms with van der Waals surface area (Å²) in [6.07, 6.45) is 2.29. The van der Waals surface area contributed by atoms with Crippen molar-refractivity contribution in [2.24, 2.45) is 5.73 Å². The second-order valence-electron chi connectivity index (χ2n) is 4.20. The smallest absolute Gasteiger partial charge is 0.235 e. The molecule has 86 valence electrons. The summed E-state index contributed by atoms with van der Waals surface area (Å²) in [6, 6.07) is 0.149. The van der Waals surface area contributed by atoms with E-state index in [0.717, 1.165) is 19.5 Å². The number of hydrogen-bond donors (Lipinski definition) is 2. The molecule has 0 saturated carbocycles. The lowest BCUT2D eigenvalue weighted by atomic mass is 10.1. The van der Waals surface area contributed by atoms with Crippen LogP contribution in [-0.2, 0) is 9.53 Å². The Morgan fingerprint density at radius 1 is 1.67 bits per heavy atom. The predicted molar refractivity (Wildman–Crippen MR) is 56.1 cm³/mol. The Morgan fingerprint density at radius 3 is 3.13 bits per heavy atom. The highest BCUT2D eigenvalue weighted by molar-refractivity contribution is 5.80. The average Bonchev–Trinajstić information content (AvgIpc) is 2.65. The summed E-state index contributed by atoms with van der Waals surface area (Å²) in [5, 5.41) is 3.19. The summed E-state index contributed by atoms with van der Waals surface area (Å²) in [4.78, 5) is 13.5. The van der Waals surface area contributed by atoms with Crippen LogP contribution < -0.4 is 11.1 Å². The molecular formula is C10H19N3O2. The van der Waals surface area contributed by atoms with Gasteiger partial charge in [0.2, 0.25) is 5.91 Å². The number of nitrogens with zero attached hydrogens (tertiary/aromatic N) is 1. The summed E-state index contributed by atoms with van der Waals surface area (Å²) in [6.45, 7) is 4.41. The average molecular weight is 213 g/mol. The summed E-state index contributed by atoms with van der Waals surface area (Å²) < 4.78 is 5.62. The van der Waals surface area contributed by atoms with Gasteiger partial charge in [0, 0.05) is 19.2 Å². The highest BCUT2D eigenvalue weighted by Gasteiger charge is 2.40. The Kier molecular flexibility index (Phi) is 3.23. The molecule has 2 heterocycles. The Balaban J connectivity index is 2.04. The van der Waals surface area contributed by atoms with Crippen molar-refractivity contribution in [2.45, 2.75) is 38.1 Å². The van der Waals surface area contributed by atoms with Crippen molar-refractivity contribution in [1.82, 2.24) is 10.2 Å². The van der Waals surface area contributed by atoms with Gasteiger partial charge in [-0.3, -0.25) is 15.0 Å². The van der Waals surface area contributed by atoms with Crippen LogP contribution in [0.25, 0.3) is 0 Å². The number of carbonyl (C=O) groups is 1. The van der Waals surface area contributed by atoms with Gasteiger partial charge in [-0.25, -0.2) is 0 Å². The van der Waals surface area contributed by atoms with Crippen LogP contribution in [-0.4, -0.2) is 48.8 Å². The monoisotopic (exact) mass is 213 g/mol. The van der Waals surface area contributed by atoms with Gasteiger partial charge in [0.15, 0.2) is 0 Å². The Labute approximate surface area is 89.9 Å². The quantitative estimate of drug-likeness (QED) is 0.648. The fraction of sp³-hybridized carbons (Fsp3) is 0.900. The SMILES string of the molecule is CCOC1NC(C(N)=O)CN2CCCC12. The molecule has 0 radical (unpaired) electrons. The highest BCUT2D eigenvalue weighted by atomic mass is 16.5. The van der Waals surface area contributed by atoms with Crippen LogP contribution in [0.1, 0.15) is 19.8 Å². The number of fused-ring (bicyclic) bond motifs is 1. The van der Waals surface area contributed by atoms with Crippen molar-refractivity contribution in [3.8, 4) is 0 Å². The fourth-order valence-electron chi connectivity index (χ4n) is 2.53. The maximum absolute atomic E-state index is 11.2. The molecule has 0 aliphatic carbocycles. The first-order chi connectivity index (χ1) is 7.22. The molecule has 5 heteroatoms. The fourth-order valence-corrected chi connectivity index (χ4v) is 2.53. The molecular weight excluding hydrogens is 194 g/mol. The molecule has 0 aromatic rings. The van der Waals surface area contributed by atoms with Gasteiger partial charge >= 0.3 is 0 Å². The lowest BCUT2D eigenvalue weighted by Crippen LogP contribution is -2.64. The molecule has 0 aromatic carbocycles. The molecule has 2 aliphatic rings. The maximum atomic E-state index is 11.2. The topological polar surface area (TPSA) is 67.6 Å². The number of hydrogen-bond acceptors (Lipinski definition) is 4. The first-order valence-corrected chi connectivity index (χ1v) is 5.63. The minimum atomic E-state index is -0.287. The molecule has 3 atom stereocenters. The van der Waals surface area contributed by atoms with Gasteiger partial charge in [0.1, 0.15) is 12.3 Å². The van der Waals surface area contributed by atoms with Crippen molar-refractivity contribution >= 4 is 5.91 Å². The highest BCUT2D eigenvalue weighted by Crippen LogP contribution is 2.24. The van der Waals surface area contributed by atoms with E-state index in [2.05, 4.69) is 10.2 Å². The number of ether oxygens (including phenoxy) is 1. The molecule has 5 nitrogen and oxygen atoms in total. The number of rotatable bonds is 3. The van der Waals surface area contributed by atoms with E-state index in [1.54, 1.807) is 0 Å². The normalized spacial score (nSPS) is 36.5. The molecule has 2 saturated heterocycles. The lowest BCUT2D eigenvalue weighted by molar-refractivity contribution is -0.126. The molecule has 0 aromatic heterocycles. The van der Waals surface area contributed by atoms with Gasteiger partial charge in [0.05, 0.1) is 0 Å². The van der Waals surface area contributed by atoms with E-state index in [9.17, 15) is 4.79 Å². The third-order valence-corrected chi connectivity index (χ3v) is 3.24. The van der Waals surface area contributed by atoms with Crippen molar-refractivity contribution in [1.29, 1.82) is 0 Å². The molecule has 2 fully saturated rings. The van der Waals surface area contributed by atoms with E-state index in [4.69, 9.17) is 10.5 Å². The Bertz CT molecular complexity index is 247. The van der Waals surface area contributed by atoms with Crippen molar-refractivity contribution in [3.63, 3.8) is 0 Å². The van der Waals surface area contributed by atoms with Gasteiger partial charge in [-0.2, -0.15) is 0 Å². The minimum absolute atomic E-state index is 0.0382. The Morgan fingerprint density at radius 2 is 2.47 bits per heavy atom. The van der Waals surface area contributed by atoms with Crippen molar-refractivity contribution in [2.75, 3.05) is 19.7 Å². The number of nitrogens with one attached hydrogen (secondary N) is 1. The number of carbonyl (C=O) groups excluding carboxylic acids is 1. The molecule has 0 spiro atoms. The van der Waals surface area contributed by atoms with Crippen LogP contribution in [0.4, 0.5) is 0 Å². The van der Waals surface area contributed by atoms with E-state index in [1.807, 2.05) is 6.92 Å². The van der Waals surface area contributed by atoms with E-state index in [1.165, 1.54) is 6.42 Å². The van der Waals surface area contributed by atoms with Gasteiger partial charge in [-0.05, 0) is 26.3 Å². The molecule has 3 unspecified atom stereocenters. The van der Waals surface area contributed by atoms with Gasteiger partial charge in [-0.15, -0.1) is 0 Å². The van der Waals surface area contributed by atoms with Crippen LogP contribution in [0, 0.1) is 0 Å². The lowest BCUT2D eigenvalue weighted by Gasteiger charge is -2.40. The zero-order valence-corrected chi connectivity index (χ0v) is 9.11. The maximum Gasteiger partial charge on any atom is 0.235 e. The molecule has 3 N–H and O–H groups in total. The molecule has 0 bridgehead atoms. The standard InChI is InChI=1S/C10H19N3O2/c1-2-15-10-8-4-3-5-13(8)6-7(12-10)9(11)14/h7-8,10,12H,2-6H2,1H3,(H2,11,14). The third kappa shape index (κ3) is 2.14. The van der Waals surface area contributed by atoms with E-state index in [0.29, 0.717) is 12.6 Å². The minimum Gasteiger partial charge on any atom is -0.368 e. The van der Waals surface area contributed by atoms with E-state index < -0.39 is 0 Å². The molecule has 2 rings (SSSR count). The first kappa shape index (κ1) is 10.9. The number of nitrogens with two attached hydrogens (primary N) is 1. The Hall–Kier alpha value is -0.650. The third-order valence-electron chi connectivity index (χ3n) is 3.24. The van der Waals surface area contributed by atoms with E-state index in [-0.39, 0.29) is 18.2 Å².